The lowest BCUT2D eigenvalue weighted by Gasteiger charge is -1.98. The average molecular weight is 251 g/mol. The first-order chi connectivity index (χ1) is 4.74. The summed E-state index contributed by atoms with van der Waals surface area (Å²) < 4.78 is 5.56. The molecule has 1 aromatic heterocycles. The van der Waals surface area contributed by atoms with E-state index in [0.29, 0.717) is 5.88 Å². The van der Waals surface area contributed by atoms with Gasteiger partial charge < -0.3 is 9.84 Å². The van der Waals surface area contributed by atoms with Crippen LogP contribution in [-0.2, 0) is 0 Å². The maximum absolute atomic E-state index is 9.01. The van der Waals surface area contributed by atoms with Crippen LogP contribution < -0.4 is 4.74 Å². The number of pyridine rings is 1. The molecule has 0 bridgehead atoms. The summed E-state index contributed by atoms with van der Waals surface area (Å²) >= 11 is 2.00. The highest BCUT2D eigenvalue weighted by molar-refractivity contribution is 14.1. The van der Waals surface area contributed by atoms with E-state index in [2.05, 4.69) is 4.98 Å². The Bertz CT molecular complexity index is 239. The molecule has 0 saturated carbocycles. The maximum Gasteiger partial charge on any atom is 0.214 e. The lowest BCUT2D eigenvalue weighted by Crippen LogP contribution is -1.87. The Morgan fingerprint density at radius 1 is 1.70 bits per heavy atom. The van der Waals surface area contributed by atoms with Gasteiger partial charge in [-0.05, 0) is 22.6 Å². The minimum absolute atomic E-state index is 0.182. The van der Waals surface area contributed by atoms with Crippen molar-refractivity contribution in [2.75, 3.05) is 7.11 Å². The molecule has 0 saturated heterocycles. The zero-order valence-electron chi connectivity index (χ0n) is 5.34. The molecular weight excluding hydrogens is 245 g/mol. The summed E-state index contributed by atoms with van der Waals surface area (Å²) in [6, 6.07) is 1.66. The first kappa shape index (κ1) is 7.59. The van der Waals surface area contributed by atoms with E-state index in [-0.39, 0.29) is 5.75 Å². The second kappa shape index (κ2) is 3.05. The molecule has 1 rings (SSSR count). The minimum atomic E-state index is 0.182. The Hall–Kier alpha value is -0.520. The van der Waals surface area contributed by atoms with Crippen molar-refractivity contribution in [1.82, 2.24) is 4.98 Å². The van der Waals surface area contributed by atoms with Crippen LogP contribution in [0.5, 0.6) is 11.6 Å². The van der Waals surface area contributed by atoms with E-state index in [1.54, 1.807) is 6.07 Å². The summed E-state index contributed by atoms with van der Waals surface area (Å²) in [5.41, 5.74) is 0. The van der Waals surface area contributed by atoms with E-state index < -0.39 is 0 Å². The predicted molar refractivity (Wildman–Crippen MR) is 45.2 cm³/mol. The monoisotopic (exact) mass is 251 g/mol. The fourth-order valence-electron chi connectivity index (χ4n) is 0.518. The van der Waals surface area contributed by atoms with Gasteiger partial charge in [-0.25, -0.2) is 4.98 Å². The summed E-state index contributed by atoms with van der Waals surface area (Å²) in [5, 5.41) is 9.01. The number of hydrogen-bond acceptors (Lipinski definition) is 3. The van der Waals surface area contributed by atoms with Crippen molar-refractivity contribution < 1.29 is 9.84 Å². The number of rotatable bonds is 1. The van der Waals surface area contributed by atoms with E-state index in [1.165, 1.54) is 13.3 Å². The molecule has 3 nitrogen and oxygen atoms in total. The quantitative estimate of drug-likeness (QED) is 0.767. The van der Waals surface area contributed by atoms with Crippen LogP contribution in [0, 0.1) is 3.57 Å². The van der Waals surface area contributed by atoms with Crippen LogP contribution in [0.1, 0.15) is 0 Å². The summed E-state index contributed by atoms with van der Waals surface area (Å²) in [7, 11) is 1.54. The van der Waals surface area contributed by atoms with Crippen LogP contribution in [0.2, 0.25) is 0 Å². The summed E-state index contributed by atoms with van der Waals surface area (Å²) in [4.78, 5) is 3.78. The van der Waals surface area contributed by atoms with Crippen LogP contribution in [0.15, 0.2) is 12.3 Å². The molecule has 0 spiro atoms. The molecule has 0 aliphatic rings. The number of hydrogen-bond donors (Lipinski definition) is 1. The molecule has 0 aliphatic carbocycles. The Kier molecular flexibility index (Phi) is 2.31. The zero-order chi connectivity index (χ0) is 7.56. The van der Waals surface area contributed by atoms with E-state index >= 15 is 0 Å². The third kappa shape index (κ3) is 1.50. The van der Waals surface area contributed by atoms with E-state index in [4.69, 9.17) is 9.84 Å². The van der Waals surface area contributed by atoms with Crippen molar-refractivity contribution in [1.29, 1.82) is 0 Å². The second-order valence-corrected chi connectivity index (χ2v) is 2.84. The SMILES string of the molecule is COc1cc(I)c(O)cn1. The molecule has 1 N–H and O–H groups in total. The zero-order valence-corrected chi connectivity index (χ0v) is 7.49. The van der Waals surface area contributed by atoms with Gasteiger partial charge in [0.25, 0.3) is 0 Å². The van der Waals surface area contributed by atoms with Crippen molar-refractivity contribution in [3.05, 3.63) is 15.8 Å². The molecule has 1 heterocycles. The van der Waals surface area contributed by atoms with Gasteiger partial charge in [-0.3, -0.25) is 0 Å². The largest absolute Gasteiger partial charge is 0.505 e. The predicted octanol–water partition coefficient (Wildman–Crippen LogP) is 1.40. The lowest BCUT2D eigenvalue weighted by atomic mass is 10.4. The van der Waals surface area contributed by atoms with Gasteiger partial charge in [0.05, 0.1) is 16.9 Å². The number of halogens is 1. The lowest BCUT2D eigenvalue weighted by molar-refractivity contribution is 0.393. The van der Waals surface area contributed by atoms with Crippen LogP contribution in [0.4, 0.5) is 0 Å². The van der Waals surface area contributed by atoms with Crippen LogP contribution in [-0.4, -0.2) is 17.2 Å². The number of methoxy groups -OCH3 is 1. The standard InChI is InChI=1S/C6H6INO2/c1-10-6-2-4(7)5(9)3-8-6/h2-3,9H,1H3. The number of aromatic hydroxyl groups is 1. The van der Waals surface area contributed by atoms with Crippen LogP contribution >= 0.6 is 22.6 Å². The minimum Gasteiger partial charge on any atom is -0.505 e. The van der Waals surface area contributed by atoms with Gasteiger partial charge in [-0.1, -0.05) is 0 Å². The van der Waals surface area contributed by atoms with Gasteiger partial charge >= 0.3 is 0 Å². The topological polar surface area (TPSA) is 42.4 Å². The Balaban J connectivity index is 3.04. The molecule has 0 aliphatic heterocycles. The first-order valence-electron chi connectivity index (χ1n) is 2.62. The molecule has 0 fully saturated rings. The Morgan fingerprint density at radius 3 is 2.90 bits per heavy atom. The Labute approximate surface area is 72.2 Å². The van der Waals surface area contributed by atoms with Crippen molar-refractivity contribution in [2.45, 2.75) is 0 Å². The molecule has 54 valence electrons. The molecule has 1 aromatic rings. The third-order valence-electron chi connectivity index (χ3n) is 1.02. The van der Waals surface area contributed by atoms with Crippen molar-refractivity contribution >= 4 is 22.6 Å². The van der Waals surface area contributed by atoms with Gasteiger partial charge in [0, 0.05) is 6.07 Å². The first-order valence-corrected chi connectivity index (χ1v) is 3.70. The highest BCUT2D eigenvalue weighted by atomic mass is 127. The fraction of sp³-hybridized carbons (Fsp3) is 0.167. The molecule has 0 aromatic carbocycles. The summed E-state index contributed by atoms with van der Waals surface area (Å²) in [6.07, 6.45) is 1.36. The summed E-state index contributed by atoms with van der Waals surface area (Å²) in [5.74, 6) is 0.698. The molecule has 0 atom stereocenters. The molecule has 4 heteroatoms. The van der Waals surface area contributed by atoms with Crippen LogP contribution in [0.25, 0.3) is 0 Å². The van der Waals surface area contributed by atoms with Gasteiger partial charge in [0.1, 0.15) is 5.75 Å². The molecule has 0 amide bonds. The maximum atomic E-state index is 9.01. The smallest absolute Gasteiger partial charge is 0.214 e. The average Bonchev–Trinajstić information content (AvgIpc) is 1.95. The van der Waals surface area contributed by atoms with Gasteiger partial charge in [0.2, 0.25) is 5.88 Å². The van der Waals surface area contributed by atoms with Crippen LogP contribution in [0.3, 0.4) is 0 Å². The molecule has 10 heavy (non-hydrogen) atoms. The fourth-order valence-corrected chi connectivity index (χ4v) is 0.923. The van der Waals surface area contributed by atoms with E-state index in [0.717, 1.165) is 3.57 Å². The molecular formula is C6H6INO2. The van der Waals surface area contributed by atoms with Crippen molar-refractivity contribution in [2.24, 2.45) is 0 Å². The molecule has 0 radical (unpaired) electrons. The van der Waals surface area contributed by atoms with E-state index in [9.17, 15) is 0 Å². The second-order valence-electron chi connectivity index (χ2n) is 1.68. The molecule has 0 unspecified atom stereocenters. The van der Waals surface area contributed by atoms with Crippen molar-refractivity contribution in [3.8, 4) is 11.6 Å². The van der Waals surface area contributed by atoms with Gasteiger partial charge in [0.15, 0.2) is 0 Å². The normalized spacial score (nSPS) is 9.40. The van der Waals surface area contributed by atoms with E-state index in [1.807, 2.05) is 22.6 Å². The highest BCUT2D eigenvalue weighted by Crippen LogP contribution is 2.20. The number of aromatic nitrogens is 1. The number of ether oxygens (including phenoxy) is 1. The summed E-state index contributed by atoms with van der Waals surface area (Å²) in [6.45, 7) is 0. The van der Waals surface area contributed by atoms with Gasteiger partial charge in [-0.15, -0.1) is 0 Å². The highest BCUT2D eigenvalue weighted by Gasteiger charge is 1.98. The Morgan fingerprint density at radius 2 is 2.40 bits per heavy atom. The van der Waals surface area contributed by atoms with Gasteiger partial charge in [-0.2, -0.15) is 0 Å². The third-order valence-corrected chi connectivity index (χ3v) is 1.88. The number of nitrogens with zero attached hydrogens (tertiary/aromatic N) is 1. The van der Waals surface area contributed by atoms with Crippen molar-refractivity contribution in [3.63, 3.8) is 0 Å².